The molecule has 2 nitrogen and oxygen atoms in total. The summed E-state index contributed by atoms with van der Waals surface area (Å²) < 4.78 is 0.845. The molecule has 0 spiro atoms. The Morgan fingerprint density at radius 3 is 2.75 bits per heavy atom. The first-order valence-electron chi connectivity index (χ1n) is 1.93. The molecule has 0 amide bonds. The van der Waals surface area contributed by atoms with E-state index < -0.39 is 0 Å². The van der Waals surface area contributed by atoms with Crippen LogP contribution in [0.5, 0.6) is 0 Å². The lowest BCUT2D eigenvalue weighted by Gasteiger charge is -1.84. The first-order chi connectivity index (χ1) is 3.79. The van der Waals surface area contributed by atoms with Crippen LogP contribution in [-0.4, -0.2) is 10.2 Å². The van der Waals surface area contributed by atoms with Crippen LogP contribution in [0.3, 0.4) is 0 Å². The number of hydrogen-bond donors (Lipinski definition) is 0. The number of hydrogen-bond acceptors (Lipinski definition) is 2. The standard InChI is InChI=1S/C4H2BrClN2/c5-3-1-4(6)8-7-2-3/h1-2H. The van der Waals surface area contributed by atoms with Crippen molar-refractivity contribution in [3.05, 3.63) is 21.9 Å². The van der Waals surface area contributed by atoms with Crippen LogP contribution >= 0.6 is 27.5 Å². The molecule has 0 saturated carbocycles. The van der Waals surface area contributed by atoms with Crippen LogP contribution in [-0.2, 0) is 0 Å². The summed E-state index contributed by atoms with van der Waals surface area (Å²) in [7, 11) is 0. The van der Waals surface area contributed by atoms with Crippen molar-refractivity contribution in [2.45, 2.75) is 0 Å². The minimum atomic E-state index is 0.402. The van der Waals surface area contributed by atoms with E-state index in [1.165, 1.54) is 0 Å². The summed E-state index contributed by atoms with van der Waals surface area (Å²) in [6.07, 6.45) is 1.58. The van der Waals surface area contributed by atoms with Crippen LogP contribution in [0.25, 0.3) is 0 Å². The summed E-state index contributed by atoms with van der Waals surface area (Å²) >= 11 is 8.62. The molecule has 0 aliphatic heterocycles. The van der Waals surface area contributed by atoms with E-state index in [4.69, 9.17) is 11.6 Å². The van der Waals surface area contributed by atoms with Gasteiger partial charge in [0.2, 0.25) is 0 Å². The third kappa shape index (κ3) is 1.42. The molecule has 42 valence electrons. The van der Waals surface area contributed by atoms with Crippen molar-refractivity contribution in [1.82, 2.24) is 10.2 Å². The highest BCUT2D eigenvalue weighted by molar-refractivity contribution is 9.10. The first kappa shape index (κ1) is 5.98. The predicted octanol–water partition coefficient (Wildman–Crippen LogP) is 1.89. The minimum Gasteiger partial charge on any atom is -0.156 e. The Balaban J connectivity index is 3.08. The Bertz CT molecular complexity index is 174. The maximum Gasteiger partial charge on any atom is 0.152 e. The molecule has 8 heavy (non-hydrogen) atoms. The summed E-state index contributed by atoms with van der Waals surface area (Å²) in [5, 5.41) is 7.48. The summed E-state index contributed by atoms with van der Waals surface area (Å²) in [6.45, 7) is 0. The smallest absolute Gasteiger partial charge is 0.152 e. The highest BCUT2D eigenvalue weighted by atomic mass is 79.9. The lowest BCUT2D eigenvalue weighted by Crippen LogP contribution is -1.77. The summed E-state index contributed by atoms with van der Waals surface area (Å²) in [6, 6.07) is 1.68. The Morgan fingerprint density at radius 1 is 1.62 bits per heavy atom. The molecule has 0 aromatic carbocycles. The van der Waals surface area contributed by atoms with Crippen LogP contribution in [0.15, 0.2) is 16.7 Å². The van der Waals surface area contributed by atoms with Crippen molar-refractivity contribution < 1.29 is 0 Å². The van der Waals surface area contributed by atoms with Gasteiger partial charge < -0.3 is 0 Å². The van der Waals surface area contributed by atoms with Gasteiger partial charge in [0.1, 0.15) is 0 Å². The average Bonchev–Trinajstić information content (AvgIpc) is 1.64. The Kier molecular flexibility index (Phi) is 1.81. The number of halogens is 2. The van der Waals surface area contributed by atoms with E-state index in [-0.39, 0.29) is 0 Å². The molecule has 0 bridgehead atoms. The molecule has 0 aliphatic rings. The highest BCUT2D eigenvalue weighted by Gasteiger charge is 1.87. The van der Waals surface area contributed by atoms with E-state index in [2.05, 4.69) is 26.1 Å². The second-order valence-electron chi connectivity index (χ2n) is 1.20. The lowest BCUT2D eigenvalue weighted by molar-refractivity contribution is 1.02. The van der Waals surface area contributed by atoms with Gasteiger partial charge in [0.05, 0.1) is 6.20 Å². The van der Waals surface area contributed by atoms with Gasteiger partial charge in [-0.2, -0.15) is 5.10 Å². The van der Waals surface area contributed by atoms with Crippen molar-refractivity contribution >= 4 is 27.5 Å². The van der Waals surface area contributed by atoms with E-state index in [0.29, 0.717) is 5.15 Å². The fourth-order valence-corrected chi connectivity index (χ4v) is 0.920. The van der Waals surface area contributed by atoms with Crippen molar-refractivity contribution in [2.75, 3.05) is 0 Å². The lowest BCUT2D eigenvalue weighted by atomic mass is 10.6. The topological polar surface area (TPSA) is 25.8 Å². The predicted molar refractivity (Wildman–Crippen MR) is 34.7 cm³/mol. The zero-order valence-corrected chi connectivity index (χ0v) is 6.15. The average molecular weight is 193 g/mol. The summed E-state index contributed by atoms with van der Waals surface area (Å²) in [5.74, 6) is 0. The molecule has 0 atom stereocenters. The molecule has 1 aromatic rings. The molecule has 0 radical (unpaired) electrons. The normalized spacial score (nSPS) is 9.25. The monoisotopic (exact) mass is 192 g/mol. The molecule has 1 aromatic heterocycles. The van der Waals surface area contributed by atoms with Gasteiger partial charge in [-0.1, -0.05) is 11.6 Å². The van der Waals surface area contributed by atoms with Gasteiger partial charge in [-0.3, -0.25) is 0 Å². The van der Waals surface area contributed by atoms with Crippen LogP contribution in [0.2, 0.25) is 5.15 Å². The van der Waals surface area contributed by atoms with Crippen LogP contribution in [0.1, 0.15) is 0 Å². The second kappa shape index (κ2) is 2.42. The summed E-state index contributed by atoms with van der Waals surface area (Å²) in [5.41, 5.74) is 0. The quantitative estimate of drug-likeness (QED) is 0.629. The van der Waals surface area contributed by atoms with Gasteiger partial charge in [0.25, 0.3) is 0 Å². The van der Waals surface area contributed by atoms with Crippen molar-refractivity contribution in [2.24, 2.45) is 0 Å². The molecule has 0 unspecified atom stereocenters. The van der Waals surface area contributed by atoms with Gasteiger partial charge in [-0.05, 0) is 22.0 Å². The minimum absolute atomic E-state index is 0.402. The molecule has 1 heterocycles. The molecule has 0 fully saturated rings. The van der Waals surface area contributed by atoms with Gasteiger partial charge in [0, 0.05) is 4.47 Å². The zero-order chi connectivity index (χ0) is 5.98. The maximum atomic E-state index is 5.44. The van der Waals surface area contributed by atoms with Crippen LogP contribution in [0, 0.1) is 0 Å². The highest BCUT2D eigenvalue weighted by Crippen LogP contribution is 2.10. The van der Waals surface area contributed by atoms with Crippen molar-refractivity contribution in [1.29, 1.82) is 0 Å². The molecule has 1 rings (SSSR count). The second-order valence-corrected chi connectivity index (χ2v) is 2.50. The molecule has 0 aliphatic carbocycles. The molecule has 0 saturated heterocycles. The van der Waals surface area contributed by atoms with Crippen molar-refractivity contribution in [3.8, 4) is 0 Å². The molecular formula is C4H2BrClN2. The largest absolute Gasteiger partial charge is 0.156 e. The summed E-state index contributed by atoms with van der Waals surface area (Å²) in [4.78, 5) is 0. The van der Waals surface area contributed by atoms with Gasteiger partial charge >= 0.3 is 0 Å². The van der Waals surface area contributed by atoms with Gasteiger partial charge in [-0.15, -0.1) is 5.10 Å². The number of aromatic nitrogens is 2. The molecule has 4 heteroatoms. The molecule has 0 N–H and O–H groups in total. The first-order valence-corrected chi connectivity index (χ1v) is 3.10. The Morgan fingerprint density at radius 2 is 2.38 bits per heavy atom. The fourth-order valence-electron chi connectivity index (χ4n) is 0.319. The van der Waals surface area contributed by atoms with E-state index in [1.54, 1.807) is 12.3 Å². The van der Waals surface area contributed by atoms with E-state index in [0.717, 1.165) is 4.47 Å². The Hall–Kier alpha value is -0.150. The van der Waals surface area contributed by atoms with Crippen LogP contribution < -0.4 is 0 Å². The van der Waals surface area contributed by atoms with Gasteiger partial charge in [0.15, 0.2) is 5.15 Å². The van der Waals surface area contributed by atoms with Gasteiger partial charge in [-0.25, -0.2) is 0 Å². The number of nitrogens with zero attached hydrogens (tertiary/aromatic N) is 2. The Labute approximate surface area is 60.0 Å². The van der Waals surface area contributed by atoms with E-state index >= 15 is 0 Å². The third-order valence-corrected chi connectivity index (χ3v) is 1.21. The number of rotatable bonds is 0. The maximum absolute atomic E-state index is 5.44. The molecular weight excluding hydrogens is 191 g/mol. The SMILES string of the molecule is Clc1cc(Br)cnn1. The van der Waals surface area contributed by atoms with E-state index in [9.17, 15) is 0 Å². The fraction of sp³-hybridized carbons (Fsp3) is 0. The third-order valence-electron chi connectivity index (χ3n) is 0.591. The van der Waals surface area contributed by atoms with E-state index in [1.807, 2.05) is 0 Å². The van der Waals surface area contributed by atoms with Crippen LogP contribution in [0.4, 0.5) is 0 Å². The van der Waals surface area contributed by atoms with Crippen molar-refractivity contribution in [3.63, 3.8) is 0 Å². The zero-order valence-electron chi connectivity index (χ0n) is 3.81.